The molecule has 6 heteroatoms. The van der Waals surface area contributed by atoms with E-state index < -0.39 is 11.4 Å². The van der Waals surface area contributed by atoms with Gasteiger partial charge in [-0.25, -0.2) is 0 Å². The fraction of sp³-hybridized carbons (Fsp3) is 0.667. The summed E-state index contributed by atoms with van der Waals surface area (Å²) < 4.78 is 1.77. The number of aromatic nitrogens is 2. The van der Waals surface area contributed by atoms with Gasteiger partial charge in [-0.1, -0.05) is 19.3 Å². The van der Waals surface area contributed by atoms with Gasteiger partial charge in [0.1, 0.15) is 0 Å². The second-order valence-electron chi connectivity index (χ2n) is 5.87. The molecule has 0 saturated heterocycles. The summed E-state index contributed by atoms with van der Waals surface area (Å²) in [6, 6.07) is 1.91. The summed E-state index contributed by atoms with van der Waals surface area (Å²) in [5, 5.41) is 16.4. The molecule has 2 N–H and O–H groups in total. The van der Waals surface area contributed by atoms with Crippen LogP contribution in [0, 0.1) is 5.41 Å². The molecule has 1 heterocycles. The Balaban J connectivity index is 1.82. The highest BCUT2D eigenvalue weighted by Gasteiger charge is 2.41. The van der Waals surface area contributed by atoms with Crippen molar-refractivity contribution in [3.8, 4) is 0 Å². The van der Waals surface area contributed by atoms with Crippen LogP contribution in [0.3, 0.4) is 0 Å². The van der Waals surface area contributed by atoms with Crippen molar-refractivity contribution in [2.24, 2.45) is 12.5 Å². The lowest BCUT2D eigenvalue weighted by molar-refractivity contribution is -0.154. The first kappa shape index (κ1) is 15.5. The largest absolute Gasteiger partial charge is 0.481 e. The summed E-state index contributed by atoms with van der Waals surface area (Å²) in [5.74, 6) is -0.995. The van der Waals surface area contributed by atoms with Gasteiger partial charge in [0.15, 0.2) is 0 Å². The number of carboxylic acid groups (broad SMARTS) is 1. The maximum atomic E-state index is 12.0. The fourth-order valence-corrected chi connectivity index (χ4v) is 3.04. The van der Waals surface area contributed by atoms with Crippen molar-refractivity contribution in [2.45, 2.75) is 44.9 Å². The molecular weight excluding hydrogens is 270 g/mol. The monoisotopic (exact) mass is 293 g/mol. The van der Waals surface area contributed by atoms with Crippen LogP contribution in [0.25, 0.3) is 0 Å². The zero-order valence-corrected chi connectivity index (χ0v) is 12.5. The maximum Gasteiger partial charge on any atom is 0.310 e. The number of aryl methyl sites for hydroxylation is 1. The number of carbonyl (C=O) groups is 2. The van der Waals surface area contributed by atoms with Crippen LogP contribution in [-0.4, -0.2) is 33.3 Å². The van der Waals surface area contributed by atoms with Crippen LogP contribution in [0.5, 0.6) is 0 Å². The van der Waals surface area contributed by atoms with Crippen molar-refractivity contribution in [3.63, 3.8) is 0 Å². The number of rotatable bonds is 6. The number of amides is 1. The van der Waals surface area contributed by atoms with Crippen molar-refractivity contribution in [2.75, 3.05) is 6.54 Å². The Labute approximate surface area is 124 Å². The van der Waals surface area contributed by atoms with Crippen LogP contribution in [0.15, 0.2) is 12.3 Å². The summed E-state index contributed by atoms with van der Waals surface area (Å²) >= 11 is 0. The van der Waals surface area contributed by atoms with Crippen molar-refractivity contribution in [1.82, 2.24) is 15.1 Å². The van der Waals surface area contributed by atoms with Gasteiger partial charge < -0.3 is 10.4 Å². The van der Waals surface area contributed by atoms with Gasteiger partial charge in [0.05, 0.1) is 5.41 Å². The molecule has 1 saturated carbocycles. The normalized spacial score (nSPS) is 17.4. The summed E-state index contributed by atoms with van der Waals surface area (Å²) in [7, 11) is 1.86. The molecule has 116 valence electrons. The number of hydrogen-bond acceptors (Lipinski definition) is 3. The van der Waals surface area contributed by atoms with E-state index in [2.05, 4.69) is 10.4 Å². The molecule has 6 nitrogen and oxygen atoms in total. The van der Waals surface area contributed by atoms with Gasteiger partial charge in [-0.2, -0.15) is 5.10 Å². The Morgan fingerprint density at radius 1 is 1.38 bits per heavy atom. The van der Waals surface area contributed by atoms with Gasteiger partial charge in [0, 0.05) is 38.3 Å². The number of carboxylic acids is 1. The topological polar surface area (TPSA) is 84.2 Å². The maximum absolute atomic E-state index is 12.0. The van der Waals surface area contributed by atoms with Crippen LogP contribution in [0.4, 0.5) is 0 Å². The standard InChI is InChI=1S/C15H23N3O3/c1-18-12(6-10-17-18)5-9-16-13(19)11-15(14(20)21)7-3-2-4-8-15/h6,10H,2-5,7-9,11H2,1H3,(H,16,19)(H,20,21). The Morgan fingerprint density at radius 2 is 2.10 bits per heavy atom. The van der Waals surface area contributed by atoms with E-state index in [1.54, 1.807) is 10.9 Å². The molecule has 21 heavy (non-hydrogen) atoms. The van der Waals surface area contributed by atoms with Crippen LogP contribution >= 0.6 is 0 Å². The molecule has 0 aromatic carbocycles. The van der Waals surface area contributed by atoms with Gasteiger partial charge in [0.25, 0.3) is 0 Å². The van der Waals surface area contributed by atoms with E-state index >= 15 is 0 Å². The molecule has 0 unspecified atom stereocenters. The smallest absolute Gasteiger partial charge is 0.310 e. The van der Waals surface area contributed by atoms with Crippen LogP contribution in [-0.2, 0) is 23.1 Å². The highest BCUT2D eigenvalue weighted by atomic mass is 16.4. The molecule has 2 rings (SSSR count). The molecule has 0 aliphatic heterocycles. The van der Waals surface area contributed by atoms with Gasteiger partial charge >= 0.3 is 5.97 Å². The van der Waals surface area contributed by atoms with Crippen molar-refractivity contribution in [3.05, 3.63) is 18.0 Å². The highest BCUT2D eigenvalue weighted by molar-refractivity contribution is 5.85. The minimum atomic E-state index is -0.852. The number of carbonyl (C=O) groups excluding carboxylic acids is 1. The minimum Gasteiger partial charge on any atom is -0.481 e. The van der Waals surface area contributed by atoms with Crippen molar-refractivity contribution >= 4 is 11.9 Å². The Hall–Kier alpha value is -1.85. The Bertz CT molecular complexity index is 504. The van der Waals surface area contributed by atoms with E-state index in [1.165, 1.54) is 0 Å². The second kappa shape index (κ2) is 6.74. The van der Waals surface area contributed by atoms with Gasteiger partial charge in [-0.15, -0.1) is 0 Å². The average Bonchev–Trinajstić information content (AvgIpc) is 2.85. The van der Waals surface area contributed by atoms with E-state index in [-0.39, 0.29) is 12.3 Å². The fourth-order valence-electron chi connectivity index (χ4n) is 3.04. The van der Waals surface area contributed by atoms with Crippen LogP contribution in [0.2, 0.25) is 0 Å². The van der Waals surface area contributed by atoms with Gasteiger partial charge in [-0.05, 0) is 18.9 Å². The van der Waals surface area contributed by atoms with Crippen molar-refractivity contribution < 1.29 is 14.7 Å². The predicted molar refractivity (Wildman–Crippen MR) is 77.7 cm³/mol. The average molecular weight is 293 g/mol. The molecule has 0 radical (unpaired) electrons. The number of nitrogens with zero attached hydrogens (tertiary/aromatic N) is 2. The third-order valence-electron chi connectivity index (χ3n) is 4.39. The molecule has 1 aromatic heterocycles. The molecule has 1 amide bonds. The minimum absolute atomic E-state index is 0.0910. The second-order valence-corrected chi connectivity index (χ2v) is 5.87. The number of hydrogen-bond donors (Lipinski definition) is 2. The molecule has 1 aliphatic carbocycles. The van der Waals surface area contributed by atoms with E-state index in [0.29, 0.717) is 25.8 Å². The SMILES string of the molecule is Cn1nccc1CCNC(=O)CC1(C(=O)O)CCCCC1. The highest BCUT2D eigenvalue weighted by Crippen LogP contribution is 2.39. The lowest BCUT2D eigenvalue weighted by atomic mass is 9.71. The Kier molecular flexibility index (Phi) is 4.98. The number of nitrogens with one attached hydrogen (secondary N) is 1. The molecule has 0 spiro atoms. The first-order chi connectivity index (χ1) is 10.0. The first-order valence-corrected chi connectivity index (χ1v) is 7.50. The van der Waals surface area contributed by atoms with E-state index in [9.17, 15) is 14.7 Å². The zero-order valence-electron chi connectivity index (χ0n) is 12.5. The van der Waals surface area contributed by atoms with Crippen LogP contribution < -0.4 is 5.32 Å². The summed E-state index contributed by atoms with van der Waals surface area (Å²) in [6.45, 7) is 0.508. The lowest BCUT2D eigenvalue weighted by Crippen LogP contribution is -2.39. The summed E-state index contributed by atoms with van der Waals surface area (Å²) in [5.41, 5.74) is 0.190. The lowest BCUT2D eigenvalue weighted by Gasteiger charge is -2.32. The van der Waals surface area contributed by atoms with Crippen LogP contribution in [0.1, 0.15) is 44.2 Å². The summed E-state index contributed by atoms with van der Waals surface area (Å²) in [6.07, 6.45) is 6.59. The third kappa shape index (κ3) is 3.83. The molecule has 1 aromatic rings. The van der Waals surface area contributed by atoms with E-state index in [0.717, 1.165) is 25.0 Å². The number of aliphatic carboxylic acids is 1. The molecule has 0 bridgehead atoms. The molecule has 1 aliphatic rings. The Morgan fingerprint density at radius 3 is 2.67 bits per heavy atom. The zero-order chi connectivity index (χ0) is 15.3. The van der Waals surface area contributed by atoms with Crippen molar-refractivity contribution in [1.29, 1.82) is 0 Å². The molecule has 1 fully saturated rings. The predicted octanol–water partition coefficient (Wildman–Crippen LogP) is 1.50. The van der Waals surface area contributed by atoms with Gasteiger partial charge in [-0.3, -0.25) is 14.3 Å². The van der Waals surface area contributed by atoms with Gasteiger partial charge in [0.2, 0.25) is 5.91 Å². The summed E-state index contributed by atoms with van der Waals surface area (Å²) in [4.78, 5) is 23.6. The van der Waals surface area contributed by atoms with E-state index in [4.69, 9.17) is 0 Å². The third-order valence-corrected chi connectivity index (χ3v) is 4.39. The molecule has 0 atom stereocenters. The van der Waals surface area contributed by atoms with E-state index in [1.807, 2.05) is 13.1 Å². The first-order valence-electron chi connectivity index (χ1n) is 7.50. The quantitative estimate of drug-likeness (QED) is 0.832. The molecular formula is C15H23N3O3.